The molecule has 6 heteroatoms. The normalized spacial score (nSPS) is 10.6. The second-order valence-corrected chi connectivity index (χ2v) is 4.80. The fraction of sp³-hybridized carbons (Fsp3) is 0.0625. The minimum absolute atomic E-state index is 0. The number of aryl methyl sites for hydroxylation is 1. The van der Waals surface area contributed by atoms with Gasteiger partial charge in [-0.1, -0.05) is 40.4 Å². The van der Waals surface area contributed by atoms with Crippen molar-refractivity contribution >= 4 is 10.9 Å². The molecule has 0 aliphatic rings. The van der Waals surface area contributed by atoms with E-state index in [1.807, 2.05) is 31.3 Å². The van der Waals surface area contributed by atoms with E-state index in [1.54, 1.807) is 4.68 Å². The van der Waals surface area contributed by atoms with E-state index in [4.69, 9.17) is 0 Å². The quantitative estimate of drug-likeness (QED) is 0.425. The molecule has 0 atom stereocenters. The Hall–Kier alpha value is -2.26. The molecular weight excluding hydrogens is 457 g/mol. The molecule has 112 valence electrons. The summed E-state index contributed by atoms with van der Waals surface area (Å²) in [4.78, 5) is 0. The van der Waals surface area contributed by atoms with Crippen LogP contribution in [0.2, 0.25) is 0 Å². The Bertz CT molecular complexity index is 911. The van der Waals surface area contributed by atoms with Crippen LogP contribution in [-0.2, 0) is 28.1 Å². The molecule has 0 fully saturated rings. The number of para-hydroxylation sites is 1. The van der Waals surface area contributed by atoms with Crippen LogP contribution >= 0.6 is 0 Å². The monoisotopic (exact) mass is 469 g/mol. The average Bonchev–Trinajstić information content (AvgIpc) is 3.14. The molecule has 22 heavy (non-hydrogen) atoms. The zero-order chi connectivity index (χ0) is 14.2. The fourth-order valence-corrected chi connectivity index (χ4v) is 2.55. The third kappa shape index (κ3) is 2.28. The molecule has 0 unspecified atom stereocenters. The molecule has 0 saturated heterocycles. The van der Waals surface area contributed by atoms with Crippen molar-refractivity contribution in [1.29, 1.82) is 0 Å². The third-order valence-electron chi connectivity index (χ3n) is 3.54. The zero-order valence-electron chi connectivity index (χ0n) is 11.7. The molecule has 0 saturated carbocycles. The van der Waals surface area contributed by atoms with Crippen molar-refractivity contribution in [3.05, 3.63) is 60.8 Å². The first-order chi connectivity index (χ1) is 10.3. The SMILES string of the molecule is Cn1nnnc1-c1[c-]ccc2c1ccn2-c1ccccc1.[Pt]. The smallest absolute Gasteiger partial charge is 0.0987 e. The predicted molar refractivity (Wildman–Crippen MR) is 79.9 cm³/mol. The van der Waals surface area contributed by atoms with Gasteiger partial charge in [0, 0.05) is 33.8 Å². The van der Waals surface area contributed by atoms with Gasteiger partial charge in [-0.15, -0.1) is 18.2 Å². The first-order valence-corrected chi connectivity index (χ1v) is 6.64. The van der Waals surface area contributed by atoms with Crippen LogP contribution in [0.1, 0.15) is 0 Å². The van der Waals surface area contributed by atoms with E-state index in [0.29, 0.717) is 5.82 Å². The van der Waals surface area contributed by atoms with Gasteiger partial charge in [0.25, 0.3) is 0 Å². The predicted octanol–water partition coefficient (Wildman–Crippen LogP) is 2.62. The minimum Gasteiger partial charge on any atom is -0.335 e. The van der Waals surface area contributed by atoms with E-state index in [9.17, 15) is 0 Å². The minimum atomic E-state index is 0. The van der Waals surface area contributed by atoms with Gasteiger partial charge in [-0.2, -0.15) is 5.10 Å². The second-order valence-electron chi connectivity index (χ2n) is 4.80. The molecule has 0 aliphatic carbocycles. The standard InChI is InChI=1S/C16H12N5.Pt/c1-20-16(17-18-19-20)14-8-5-9-15-13(14)10-11-21(15)12-6-3-2-4-7-12;/h2-7,9-11H,1H3;/q-1;. The summed E-state index contributed by atoms with van der Waals surface area (Å²) in [6.45, 7) is 0. The van der Waals surface area contributed by atoms with Crippen molar-refractivity contribution in [1.82, 2.24) is 24.8 Å². The average molecular weight is 469 g/mol. The van der Waals surface area contributed by atoms with E-state index < -0.39 is 0 Å². The summed E-state index contributed by atoms with van der Waals surface area (Å²) in [5.74, 6) is 0.714. The number of hydrogen-bond acceptors (Lipinski definition) is 3. The summed E-state index contributed by atoms with van der Waals surface area (Å²) in [5.41, 5.74) is 3.15. The maximum Gasteiger partial charge on any atom is 0.0987 e. The molecule has 0 aliphatic heterocycles. The van der Waals surface area contributed by atoms with Gasteiger partial charge in [0.15, 0.2) is 0 Å². The van der Waals surface area contributed by atoms with Crippen molar-refractivity contribution in [3.8, 4) is 17.1 Å². The molecule has 2 aromatic carbocycles. The number of rotatable bonds is 2. The molecule has 0 radical (unpaired) electrons. The van der Waals surface area contributed by atoms with Crippen LogP contribution in [0.4, 0.5) is 0 Å². The molecule has 2 heterocycles. The van der Waals surface area contributed by atoms with Crippen LogP contribution in [-0.4, -0.2) is 24.8 Å². The summed E-state index contributed by atoms with van der Waals surface area (Å²) < 4.78 is 3.81. The van der Waals surface area contributed by atoms with Crippen LogP contribution in [0, 0.1) is 6.07 Å². The van der Waals surface area contributed by atoms with Crippen LogP contribution in [0.25, 0.3) is 28.0 Å². The van der Waals surface area contributed by atoms with Gasteiger partial charge in [0.05, 0.1) is 5.82 Å². The number of fused-ring (bicyclic) bond motifs is 1. The number of aromatic nitrogens is 5. The van der Waals surface area contributed by atoms with E-state index in [1.165, 1.54) is 0 Å². The number of tetrazole rings is 1. The van der Waals surface area contributed by atoms with Gasteiger partial charge in [-0.05, 0) is 29.1 Å². The second kappa shape index (κ2) is 5.85. The van der Waals surface area contributed by atoms with E-state index >= 15 is 0 Å². The summed E-state index contributed by atoms with van der Waals surface area (Å²) in [6, 6.07) is 19.5. The first kappa shape index (κ1) is 14.7. The molecule has 2 aromatic heterocycles. The number of hydrogen-bond donors (Lipinski definition) is 0. The van der Waals surface area contributed by atoms with E-state index in [-0.39, 0.29) is 21.1 Å². The summed E-state index contributed by atoms with van der Waals surface area (Å²) in [5, 5.41) is 12.8. The maximum absolute atomic E-state index is 4.08. The van der Waals surface area contributed by atoms with Crippen molar-refractivity contribution in [2.45, 2.75) is 0 Å². The van der Waals surface area contributed by atoms with Gasteiger partial charge in [-0.3, -0.25) is 4.68 Å². The van der Waals surface area contributed by atoms with Crippen LogP contribution < -0.4 is 0 Å². The molecule has 0 N–H and O–H groups in total. The Balaban J connectivity index is 0.00000144. The summed E-state index contributed by atoms with van der Waals surface area (Å²) in [6.07, 6.45) is 2.06. The van der Waals surface area contributed by atoms with Crippen molar-refractivity contribution in [2.24, 2.45) is 7.05 Å². The molecule has 4 aromatic rings. The Kier molecular flexibility index (Phi) is 3.90. The van der Waals surface area contributed by atoms with Gasteiger partial charge in [-0.25, -0.2) is 0 Å². The number of nitrogens with zero attached hydrogens (tertiary/aromatic N) is 5. The van der Waals surface area contributed by atoms with E-state index in [2.05, 4.69) is 56.6 Å². The van der Waals surface area contributed by atoms with Crippen molar-refractivity contribution in [3.63, 3.8) is 0 Å². The molecule has 0 bridgehead atoms. The molecule has 5 nitrogen and oxygen atoms in total. The van der Waals surface area contributed by atoms with Gasteiger partial charge < -0.3 is 4.57 Å². The Morgan fingerprint density at radius 2 is 1.86 bits per heavy atom. The van der Waals surface area contributed by atoms with Gasteiger partial charge >= 0.3 is 0 Å². The van der Waals surface area contributed by atoms with Crippen molar-refractivity contribution in [2.75, 3.05) is 0 Å². The maximum atomic E-state index is 4.08. The fourth-order valence-electron chi connectivity index (χ4n) is 2.55. The van der Waals surface area contributed by atoms with Crippen molar-refractivity contribution < 1.29 is 21.1 Å². The molecule has 0 amide bonds. The van der Waals surface area contributed by atoms with E-state index in [0.717, 1.165) is 22.2 Å². The largest absolute Gasteiger partial charge is 0.335 e. The topological polar surface area (TPSA) is 48.5 Å². The van der Waals surface area contributed by atoms with Gasteiger partial charge in [0.1, 0.15) is 0 Å². The van der Waals surface area contributed by atoms with Crippen LogP contribution in [0.15, 0.2) is 54.7 Å². The first-order valence-electron chi connectivity index (χ1n) is 6.64. The Morgan fingerprint density at radius 1 is 1.05 bits per heavy atom. The Labute approximate surface area is 141 Å². The molecular formula is C16H12N5Pt-. The zero-order valence-corrected chi connectivity index (χ0v) is 14.0. The molecule has 0 spiro atoms. The third-order valence-corrected chi connectivity index (χ3v) is 3.54. The van der Waals surface area contributed by atoms with Gasteiger partial charge in [0.2, 0.25) is 0 Å². The molecule has 4 rings (SSSR count). The van der Waals surface area contributed by atoms with Crippen LogP contribution in [0.5, 0.6) is 0 Å². The van der Waals surface area contributed by atoms with Crippen LogP contribution in [0.3, 0.4) is 0 Å². The number of benzene rings is 2. The Morgan fingerprint density at radius 3 is 2.59 bits per heavy atom. The summed E-state index contributed by atoms with van der Waals surface area (Å²) in [7, 11) is 1.83. The summed E-state index contributed by atoms with van der Waals surface area (Å²) >= 11 is 0.